The topological polar surface area (TPSA) is 111 Å². The lowest BCUT2D eigenvalue weighted by molar-refractivity contribution is -0.125. The van der Waals surface area contributed by atoms with Gasteiger partial charge < -0.3 is 30.3 Å². The third-order valence-corrected chi connectivity index (χ3v) is 5.60. The number of ether oxygens (including phenoxy) is 1. The Bertz CT molecular complexity index is 984. The third-order valence-electron chi connectivity index (χ3n) is 5.34. The highest BCUT2D eigenvalue weighted by atomic mass is 35.5. The van der Waals surface area contributed by atoms with Gasteiger partial charge in [0.05, 0.1) is 6.61 Å². The number of urea groups is 1. The number of amides is 4. The predicted molar refractivity (Wildman–Crippen MR) is 131 cm³/mol. The number of rotatable bonds is 4. The molecule has 1 atom stereocenters. The number of aliphatic hydroxyl groups excluding tert-OH is 1. The van der Waals surface area contributed by atoms with Crippen molar-refractivity contribution in [1.82, 2.24) is 4.90 Å². The number of hydrogen-bond donors (Lipinski definition) is 3. The molecule has 2 fully saturated rings. The van der Waals surface area contributed by atoms with E-state index in [2.05, 4.69) is 10.6 Å². The minimum absolute atomic E-state index is 0.0775. The summed E-state index contributed by atoms with van der Waals surface area (Å²) in [6.07, 6.45) is 1.35. The summed E-state index contributed by atoms with van der Waals surface area (Å²) < 4.78 is 5.15. The fourth-order valence-corrected chi connectivity index (χ4v) is 3.88. The molecular formula is C24H29ClN4O5. The fraction of sp³-hybridized carbons (Fsp3) is 0.375. The molecule has 2 aliphatic rings. The van der Waals surface area contributed by atoms with E-state index in [1.165, 1.54) is 0 Å². The maximum Gasteiger partial charge on any atom is 0.322 e. The zero-order chi connectivity index (χ0) is 24.5. The number of likely N-dealkylation sites (tertiary alicyclic amines) is 1. The maximum absolute atomic E-state index is 12.8. The summed E-state index contributed by atoms with van der Waals surface area (Å²) in [7, 11) is 0. The lowest BCUT2D eigenvalue weighted by atomic mass is 10.2. The van der Waals surface area contributed by atoms with Gasteiger partial charge >= 0.3 is 6.03 Å². The Kier molecular flexibility index (Phi) is 9.26. The van der Waals surface area contributed by atoms with E-state index < -0.39 is 6.04 Å². The summed E-state index contributed by atoms with van der Waals surface area (Å²) >= 11 is 5.88. The smallest absolute Gasteiger partial charge is 0.322 e. The third kappa shape index (κ3) is 6.69. The molecule has 0 aromatic heterocycles. The van der Waals surface area contributed by atoms with Crippen molar-refractivity contribution in [3.05, 3.63) is 53.6 Å². The molecule has 34 heavy (non-hydrogen) atoms. The fourth-order valence-electron chi connectivity index (χ4n) is 3.75. The minimum atomic E-state index is -0.548. The van der Waals surface area contributed by atoms with Crippen LogP contribution in [0.3, 0.4) is 0 Å². The van der Waals surface area contributed by atoms with Gasteiger partial charge in [-0.25, -0.2) is 4.79 Å². The minimum Gasteiger partial charge on any atom is -0.397 e. The molecule has 3 N–H and O–H groups in total. The highest BCUT2D eigenvalue weighted by Gasteiger charge is 2.34. The van der Waals surface area contributed by atoms with Crippen molar-refractivity contribution in [1.29, 1.82) is 0 Å². The van der Waals surface area contributed by atoms with E-state index in [9.17, 15) is 14.4 Å². The molecule has 0 aliphatic carbocycles. The van der Waals surface area contributed by atoms with Crippen molar-refractivity contribution in [2.75, 3.05) is 48.4 Å². The molecule has 2 saturated heterocycles. The first kappa shape index (κ1) is 25.5. The Balaban J connectivity index is 0.00000103. The van der Waals surface area contributed by atoms with E-state index in [1.54, 1.807) is 65.3 Å². The molecule has 2 aromatic rings. The molecule has 1 unspecified atom stereocenters. The largest absolute Gasteiger partial charge is 0.397 e. The standard InChI is InChI=1S/C22H23ClN4O4.C2H6O/c23-15-3-5-17(6-4-15)25-22(30)27-11-1-2-19(27)21(29)24-16-7-9-18(10-8-16)26-12-13-31-14-20(26)28;1-2-3/h3-10,19H,1-2,11-14H2,(H,24,29)(H,25,30);3H,2H2,1H3. The average molecular weight is 489 g/mol. The van der Waals surface area contributed by atoms with Gasteiger partial charge in [0.1, 0.15) is 12.6 Å². The summed E-state index contributed by atoms with van der Waals surface area (Å²) in [5, 5.41) is 13.8. The van der Waals surface area contributed by atoms with Crippen LogP contribution in [0.5, 0.6) is 0 Å². The van der Waals surface area contributed by atoms with Crippen LogP contribution in [0.25, 0.3) is 0 Å². The van der Waals surface area contributed by atoms with E-state index in [0.29, 0.717) is 42.5 Å². The van der Waals surface area contributed by atoms with Crippen molar-refractivity contribution in [2.24, 2.45) is 0 Å². The SMILES string of the molecule is CCO.O=C(Nc1ccc(N2CCOCC2=O)cc1)C1CCCN1C(=O)Nc1ccc(Cl)cc1. The number of morpholine rings is 1. The molecule has 0 saturated carbocycles. The van der Waals surface area contributed by atoms with Crippen LogP contribution >= 0.6 is 11.6 Å². The number of nitrogens with one attached hydrogen (secondary N) is 2. The molecule has 2 heterocycles. The van der Waals surface area contributed by atoms with Crippen molar-refractivity contribution in [3.63, 3.8) is 0 Å². The van der Waals surface area contributed by atoms with E-state index in [-0.39, 0.29) is 31.1 Å². The van der Waals surface area contributed by atoms with Gasteiger partial charge in [-0.1, -0.05) is 11.6 Å². The Hall–Kier alpha value is -3.14. The average Bonchev–Trinajstić information content (AvgIpc) is 3.33. The molecule has 0 spiro atoms. The molecule has 9 nitrogen and oxygen atoms in total. The summed E-state index contributed by atoms with van der Waals surface area (Å²) in [5.41, 5.74) is 1.99. The van der Waals surface area contributed by atoms with Gasteiger partial charge in [0.25, 0.3) is 5.91 Å². The van der Waals surface area contributed by atoms with Crippen LogP contribution in [0.4, 0.5) is 21.9 Å². The second-order valence-electron chi connectivity index (χ2n) is 7.74. The highest BCUT2D eigenvalue weighted by molar-refractivity contribution is 6.30. The van der Waals surface area contributed by atoms with E-state index in [4.69, 9.17) is 21.4 Å². The van der Waals surface area contributed by atoms with Crippen LogP contribution in [0.1, 0.15) is 19.8 Å². The Morgan fingerprint density at radius 3 is 2.32 bits per heavy atom. The number of carbonyl (C=O) groups is 3. The number of nitrogens with zero attached hydrogens (tertiary/aromatic N) is 2. The number of benzene rings is 2. The highest BCUT2D eigenvalue weighted by Crippen LogP contribution is 2.23. The first-order valence-electron chi connectivity index (χ1n) is 11.2. The van der Waals surface area contributed by atoms with Crippen molar-refractivity contribution < 1.29 is 24.2 Å². The van der Waals surface area contributed by atoms with Crippen LogP contribution in [0.15, 0.2) is 48.5 Å². The summed E-state index contributed by atoms with van der Waals surface area (Å²) in [6, 6.07) is 13.0. The number of anilines is 3. The number of carbonyl (C=O) groups excluding carboxylic acids is 3. The van der Waals surface area contributed by atoms with Gasteiger partial charge in [-0.05, 0) is 68.3 Å². The summed E-state index contributed by atoms with van der Waals surface area (Å²) in [4.78, 5) is 40.7. The summed E-state index contributed by atoms with van der Waals surface area (Å²) in [5.74, 6) is -0.324. The number of halogens is 1. The normalized spacial score (nSPS) is 17.6. The van der Waals surface area contributed by atoms with Gasteiger partial charge in [-0.3, -0.25) is 9.59 Å². The lowest BCUT2D eigenvalue weighted by Gasteiger charge is -2.27. The summed E-state index contributed by atoms with van der Waals surface area (Å²) in [6.45, 7) is 3.52. The van der Waals surface area contributed by atoms with Gasteiger partial charge in [0.15, 0.2) is 0 Å². The Labute approximate surface area is 203 Å². The molecule has 182 valence electrons. The van der Waals surface area contributed by atoms with Gasteiger partial charge in [-0.2, -0.15) is 0 Å². The second-order valence-corrected chi connectivity index (χ2v) is 8.18. The van der Waals surface area contributed by atoms with Crippen LogP contribution in [0, 0.1) is 0 Å². The first-order chi connectivity index (χ1) is 16.4. The predicted octanol–water partition coefficient (Wildman–Crippen LogP) is 3.34. The molecule has 4 amide bonds. The molecule has 0 bridgehead atoms. The molecular weight excluding hydrogens is 460 g/mol. The van der Waals surface area contributed by atoms with Crippen molar-refractivity contribution >= 4 is 46.5 Å². The van der Waals surface area contributed by atoms with Crippen LogP contribution in [0.2, 0.25) is 5.02 Å². The zero-order valence-corrected chi connectivity index (χ0v) is 19.8. The van der Waals surface area contributed by atoms with Crippen LogP contribution in [-0.2, 0) is 14.3 Å². The van der Waals surface area contributed by atoms with Crippen LogP contribution < -0.4 is 15.5 Å². The quantitative estimate of drug-likeness (QED) is 0.611. The maximum atomic E-state index is 12.8. The molecule has 4 rings (SSSR count). The van der Waals surface area contributed by atoms with E-state index in [1.807, 2.05) is 0 Å². The first-order valence-corrected chi connectivity index (χ1v) is 11.5. The van der Waals surface area contributed by atoms with Crippen LogP contribution in [-0.4, -0.2) is 66.8 Å². The van der Waals surface area contributed by atoms with Gasteiger partial charge in [-0.15, -0.1) is 0 Å². The molecule has 2 aromatic carbocycles. The van der Waals surface area contributed by atoms with E-state index in [0.717, 1.165) is 12.1 Å². The monoisotopic (exact) mass is 488 g/mol. The number of hydrogen-bond acceptors (Lipinski definition) is 5. The van der Waals surface area contributed by atoms with E-state index >= 15 is 0 Å². The van der Waals surface area contributed by atoms with Crippen molar-refractivity contribution in [2.45, 2.75) is 25.8 Å². The second kappa shape index (κ2) is 12.4. The molecule has 2 aliphatic heterocycles. The van der Waals surface area contributed by atoms with Gasteiger partial charge in [0, 0.05) is 41.8 Å². The molecule has 10 heteroatoms. The molecule has 0 radical (unpaired) electrons. The number of aliphatic hydroxyl groups is 1. The Morgan fingerprint density at radius 1 is 1.06 bits per heavy atom. The lowest BCUT2D eigenvalue weighted by Crippen LogP contribution is -2.45. The zero-order valence-electron chi connectivity index (χ0n) is 19.0. The van der Waals surface area contributed by atoms with Gasteiger partial charge in [0.2, 0.25) is 5.91 Å². The van der Waals surface area contributed by atoms with Crippen molar-refractivity contribution in [3.8, 4) is 0 Å². The Morgan fingerprint density at radius 2 is 1.68 bits per heavy atom.